The first-order valence-electron chi connectivity index (χ1n) is 11.9. The molecule has 0 aliphatic heterocycles. The Labute approximate surface area is 219 Å². The van der Waals surface area contributed by atoms with E-state index in [1.54, 1.807) is 38.1 Å². The van der Waals surface area contributed by atoms with Crippen molar-refractivity contribution < 1.29 is 43.2 Å². The Bertz CT molecular complexity index is 1390. The van der Waals surface area contributed by atoms with Crippen LogP contribution in [-0.4, -0.2) is 48.6 Å². The summed E-state index contributed by atoms with van der Waals surface area (Å²) in [6, 6.07) is 7.41. The van der Waals surface area contributed by atoms with E-state index < -0.39 is 35.0 Å². The minimum Gasteiger partial charge on any atom is -0.507 e. The van der Waals surface area contributed by atoms with Crippen molar-refractivity contribution in [3.05, 3.63) is 57.8 Å². The largest absolute Gasteiger partial charge is 0.507 e. The first-order valence-corrected chi connectivity index (χ1v) is 11.9. The lowest BCUT2D eigenvalue weighted by Crippen LogP contribution is -2.39. The van der Waals surface area contributed by atoms with E-state index in [0.29, 0.717) is 11.3 Å². The molecular formula is C28H30O10. The fourth-order valence-corrected chi connectivity index (χ4v) is 3.66. The van der Waals surface area contributed by atoms with E-state index in [4.69, 9.17) is 23.4 Å². The number of methoxy groups -OCH3 is 1. The molecule has 0 saturated carbocycles. The van der Waals surface area contributed by atoms with Gasteiger partial charge in [-0.2, -0.15) is 0 Å². The van der Waals surface area contributed by atoms with Gasteiger partial charge >= 0.3 is 11.9 Å². The molecule has 0 aliphatic carbocycles. The maximum absolute atomic E-state index is 13.8. The van der Waals surface area contributed by atoms with Crippen molar-refractivity contribution >= 4 is 22.9 Å². The van der Waals surface area contributed by atoms with Gasteiger partial charge in [-0.15, -0.1) is 0 Å². The van der Waals surface area contributed by atoms with Crippen LogP contribution in [0.5, 0.6) is 23.0 Å². The Morgan fingerprint density at radius 1 is 1.00 bits per heavy atom. The van der Waals surface area contributed by atoms with Crippen LogP contribution < -0.4 is 14.9 Å². The summed E-state index contributed by atoms with van der Waals surface area (Å²) in [6.07, 6.45) is 0.0852. The summed E-state index contributed by atoms with van der Waals surface area (Å²) in [7, 11) is 1.49. The lowest BCUT2D eigenvalue weighted by Gasteiger charge is -2.19. The molecule has 202 valence electrons. The standard InChI is InChI=1S/C28H30O10/c1-6-35-27(32)26(28(33)36-7-2)38-25-22(31)21-20(30)14-19(29)18(13-8-15(3)4)24(21)37-23(25)16-9-11-17(34-5)12-10-16/h8-12,14,26,29-30H,6-7,13H2,1-5H3. The molecule has 0 bridgehead atoms. The molecule has 0 radical (unpaired) electrons. The molecular weight excluding hydrogens is 496 g/mol. The monoisotopic (exact) mass is 526 g/mol. The zero-order valence-corrected chi connectivity index (χ0v) is 21.8. The summed E-state index contributed by atoms with van der Waals surface area (Å²) < 4.78 is 26.9. The van der Waals surface area contributed by atoms with Crippen LogP contribution in [0, 0.1) is 0 Å². The average molecular weight is 527 g/mol. The summed E-state index contributed by atoms with van der Waals surface area (Å²) >= 11 is 0. The summed E-state index contributed by atoms with van der Waals surface area (Å²) in [5, 5.41) is 20.9. The van der Waals surface area contributed by atoms with Gasteiger partial charge in [0.2, 0.25) is 11.2 Å². The molecule has 10 nitrogen and oxygen atoms in total. The van der Waals surface area contributed by atoms with Crippen LogP contribution in [0.15, 0.2) is 51.2 Å². The number of hydrogen-bond acceptors (Lipinski definition) is 10. The van der Waals surface area contributed by atoms with Gasteiger partial charge in [0.1, 0.15) is 28.2 Å². The van der Waals surface area contributed by atoms with Crippen LogP contribution in [0.3, 0.4) is 0 Å². The fraction of sp³-hybridized carbons (Fsp3) is 0.321. The summed E-state index contributed by atoms with van der Waals surface area (Å²) in [4.78, 5) is 39.0. The van der Waals surface area contributed by atoms with E-state index in [0.717, 1.165) is 11.6 Å². The van der Waals surface area contributed by atoms with E-state index in [2.05, 4.69) is 0 Å². The van der Waals surface area contributed by atoms with Crippen LogP contribution >= 0.6 is 0 Å². The number of rotatable bonds is 10. The smallest absolute Gasteiger partial charge is 0.359 e. The number of aromatic hydroxyl groups is 2. The van der Waals surface area contributed by atoms with E-state index in [1.165, 1.54) is 7.11 Å². The van der Waals surface area contributed by atoms with Gasteiger partial charge in [-0.05, 0) is 58.4 Å². The molecule has 3 aromatic rings. The highest BCUT2D eigenvalue weighted by Crippen LogP contribution is 2.39. The van der Waals surface area contributed by atoms with E-state index in [-0.39, 0.29) is 47.7 Å². The Morgan fingerprint density at radius 2 is 1.61 bits per heavy atom. The number of benzene rings is 2. The topological polar surface area (TPSA) is 142 Å². The molecule has 2 aromatic carbocycles. The second-order valence-electron chi connectivity index (χ2n) is 8.40. The molecule has 0 spiro atoms. The lowest BCUT2D eigenvalue weighted by molar-refractivity contribution is -0.166. The summed E-state index contributed by atoms with van der Waals surface area (Å²) in [6.45, 7) is 6.73. The zero-order valence-electron chi connectivity index (χ0n) is 21.8. The molecule has 10 heteroatoms. The fourth-order valence-electron chi connectivity index (χ4n) is 3.66. The van der Waals surface area contributed by atoms with Crippen LogP contribution in [0.2, 0.25) is 0 Å². The van der Waals surface area contributed by atoms with Gasteiger partial charge in [0.25, 0.3) is 6.10 Å². The number of hydrogen-bond donors (Lipinski definition) is 2. The predicted octanol–water partition coefficient (Wildman–Crippen LogP) is 4.26. The molecule has 3 rings (SSSR count). The van der Waals surface area contributed by atoms with Gasteiger partial charge in [-0.1, -0.05) is 11.6 Å². The van der Waals surface area contributed by atoms with Gasteiger partial charge in [-0.3, -0.25) is 4.79 Å². The van der Waals surface area contributed by atoms with Gasteiger partial charge in [0.15, 0.2) is 5.76 Å². The van der Waals surface area contributed by atoms with Gasteiger partial charge in [-0.25, -0.2) is 9.59 Å². The number of phenols is 2. The number of phenolic OH excluding ortho intramolecular Hbond substituents is 2. The van der Waals surface area contributed by atoms with Crippen molar-refractivity contribution in [3.8, 4) is 34.3 Å². The Kier molecular flexibility index (Phi) is 9.01. The molecule has 2 N–H and O–H groups in total. The third-order valence-corrected chi connectivity index (χ3v) is 5.49. The maximum atomic E-state index is 13.8. The normalized spacial score (nSPS) is 10.8. The minimum absolute atomic E-state index is 0.0520. The first-order chi connectivity index (χ1) is 18.1. The van der Waals surface area contributed by atoms with Crippen molar-refractivity contribution in [1.82, 2.24) is 0 Å². The van der Waals surface area contributed by atoms with Crippen molar-refractivity contribution in [1.29, 1.82) is 0 Å². The second kappa shape index (κ2) is 12.2. The summed E-state index contributed by atoms with van der Waals surface area (Å²) in [5.74, 6) is -3.12. The van der Waals surface area contributed by atoms with Gasteiger partial charge < -0.3 is 33.6 Å². The molecule has 0 amide bonds. The van der Waals surface area contributed by atoms with Crippen LogP contribution in [0.1, 0.15) is 33.3 Å². The molecule has 1 aromatic heterocycles. The van der Waals surface area contributed by atoms with Crippen LogP contribution in [0.25, 0.3) is 22.3 Å². The highest BCUT2D eigenvalue weighted by atomic mass is 16.6. The maximum Gasteiger partial charge on any atom is 0.359 e. The quantitative estimate of drug-likeness (QED) is 0.223. The van der Waals surface area contributed by atoms with Crippen LogP contribution in [-0.2, 0) is 25.5 Å². The van der Waals surface area contributed by atoms with Crippen LogP contribution in [0.4, 0.5) is 0 Å². The number of carbonyl (C=O) groups is 2. The number of allylic oxidation sites excluding steroid dienone is 2. The highest BCUT2D eigenvalue weighted by molar-refractivity contribution is 5.99. The number of ether oxygens (including phenoxy) is 4. The number of esters is 2. The molecule has 0 aliphatic rings. The third-order valence-electron chi connectivity index (χ3n) is 5.49. The van der Waals surface area contributed by atoms with Gasteiger partial charge in [0, 0.05) is 17.2 Å². The van der Waals surface area contributed by atoms with Crippen molar-refractivity contribution in [3.63, 3.8) is 0 Å². The predicted molar refractivity (Wildman–Crippen MR) is 139 cm³/mol. The van der Waals surface area contributed by atoms with E-state index >= 15 is 0 Å². The van der Waals surface area contributed by atoms with E-state index in [9.17, 15) is 24.6 Å². The minimum atomic E-state index is -1.93. The molecule has 0 fully saturated rings. The second-order valence-corrected chi connectivity index (χ2v) is 8.40. The Hall–Kier alpha value is -4.47. The SMILES string of the molecule is CCOC(=O)C(Oc1c(-c2ccc(OC)cc2)oc2c(CC=C(C)C)c(O)cc(O)c2c1=O)C(=O)OCC. The van der Waals surface area contributed by atoms with Crippen molar-refractivity contribution in [2.75, 3.05) is 20.3 Å². The van der Waals surface area contributed by atoms with Gasteiger partial charge in [0.05, 0.1) is 20.3 Å². The molecule has 1 heterocycles. The average Bonchev–Trinajstić information content (AvgIpc) is 2.87. The molecule has 0 atom stereocenters. The first kappa shape index (κ1) is 28.1. The number of carbonyl (C=O) groups excluding carboxylic acids is 2. The highest BCUT2D eigenvalue weighted by Gasteiger charge is 2.35. The lowest BCUT2D eigenvalue weighted by atomic mass is 10.0. The molecule has 0 unspecified atom stereocenters. The Morgan fingerprint density at radius 3 is 2.13 bits per heavy atom. The van der Waals surface area contributed by atoms with Crippen molar-refractivity contribution in [2.24, 2.45) is 0 Å². The Balaban J connectivity index is 2.36. The van der Waals surface area contributed by atoms with E-state index in [1.807, 2.05) is 19.9 Å². The zero-order chi connectivity index (χ0) is 28.0. The number of fused-ring (bicyclic) bond motifs is 1. The molecule has 38 heavy (non-hydrogen) atoms. The summed E-state index contributed by atoms with van der Waals surface area (Å²) in [5.41, 5.74) is 0.598. The third kappa shape index (κ3) is 5.91. The molecule has 0 saturated heterocycles. The van der Waals surface area contributed by atoms with Crippen molar-refractivity contribution in [2.45, 2.75) is 40.2 Å².